The molecule has 68 heavy (non-hydrogen) atoms. The van der Waals surface area contributed by atoms with Crippen molar-refractivity contribution >= 4 is 119 Å². The lowest BCUT2D eigenvalue weighted by molar-refractivity contribution is -0.344. The van der Waals surface area contributed by atoms with Gasteiger partial charge in [0.15, 0.2) is 48.9 Å². The molecule has 6 rings (SSSR count). The lowest BCUT2D eigenvalue weighted by Crippen LogP contribution is -2.62. The summed E-state index contributed by atoms with van der Waals surface area (Å²) in [6.45, 7) is 24.9. The van der Waals surface area contributed by atoms with Crippen molar-refractivity contribution < 1.29 is 86.5 Å². The maximum Gasteiger partial charge on any atom is 0.303 e. The van der Waals surface area contributed by atoms with Crippen LogP contribution in [0.1, 0.15) is 83.1 Å². The van der Waals surface area contributed by atoms with Crippen LogP contribution in [0.5, 0.6) is 0 Å². The lowest BCUT2D eigenvalue weighted by atomic mass is 9.91. The van der Waals surface area contributed by atoms with E-state index in [1.165, 1.54) is 76.0 Å². The number of hydrogen-bond donors (Lipinski definition) is 3. The van der Waals surface area contributed by atoms with Crippen LogP contribution >= 0.6 is 0 Å². The van der Waals surface area contributed by atoms with E-state index in [2.05, 4.69) is 51.3 Å². The van der Waals surface area contributed by atoms with E-state index in [0.29, 0.717) is 0 Å². The normalized spacial score (nSPS) is 40.7. The van der Waals surface area contributed by atoms with Gasteiger partial charge in [-0.3, -0.25) is 9.59 Å². The average molecular weight is 1170 g/mol. The highest BCUT2D eigenvalue weighted by Crippen LogP contribution is 2.43. The van der Waals surface area contributed by atoms with E-state index in [4.69, 9.17) is 61.6 Å². The number of hydrogen-bond acceptors (Lipinski definition) is 22. The van der Waals surface area contributed by atoms with Crippen molar-refractivity contribution in [2.24, 2.45) is 11.8 Å². The second-order valence-electron chi connectivity index (χ2n) is 17.1. The van der Waals surface area contributed by atoms with Crippen LogP contribution in [0.15, 0.2) is 12.7 Å². The molecule has 6 aliphatic heterocycles. The molecular formula is C39H64O18S11. The Morgan fingerprint density at radius 3 is 1.29 bits per heavy atom. The van der Waals surface area contributed by atoms with E-state index in [1.54, 1.807) is 19.9 Å². The Balaban J connectivity index is 0.000000296. The molecular weight excluding hydrogens is 1110 g/mol. The summed E-state index contributed by atoms with van der Waals surface area (Å²) in [5.41, 5.74) is 0. The zero-order chi connectivity index (χ0) is 51.3. The SMILES string of the molecule is C=CCO[C@H]1OC(C)[C@H](OC(C)=O)C(O[C@@H]2OC(C)[C@H](C)[C@@H]3OC(C)(C)OC23)[C@H]1O.CC(=O)O[C@H]1C(C)O[C@H](O)[C@H](O)C1O[C@@H]1OC(C)[C@H](C)[C@@H]2OC(C)(C)OC12.S=S=S=S=S.S=S=S=S=S=S. The summed E-state index contributed by atoms with van der Waals surface area (Å²) < 4.78 is 75.7. The summed E-state index contributed by atoms with van der Waals surface area (Å²) in [5.74, 6) is -2.47. The molecule has 8 unspecified atom stereocenters. The first-order valence-electron chi connectivity index (χ1n) is 21.3. The standard InChI is InChI=1S/C21H34O9.C18H30O9.S6.S5/c1-8-9-24-19-14(23)17(16(12(4)26-19)27-13(5)22)28-20-18-15(10(2)11(3)25-20)29-21(6,7)30-18;1-7-8(2)23-17(15-12(7)26-18(5,6)27-15)25-14-11(20)16(21)22-9(3)13(14)24-10(4)19;1-3-5-6-4-2;1-3-5-4-2/h8,10-12,14-20,23H,1,9H2,2-7H3;7-9,11-17,20-21H,1-6H3;;/t10-,11?,12?,14+,15-,16-,17?,18?,19-,20-;7-,8?,9?,11+,12-,13-,14?,15?,16-,17-;;/m00../s1. The molecule has 6 aliphatic rings. The van der Waals surface area contributed by atoms with Crippen molar-refractivity contribution in [3.8, 4) is 0 Å². The number of rotatable bonds is 9. The van der Waals surface area contributed by atoms with Crippen molar-refractivity contribution in [2.75, 3.05) is 6.61 Å². The first kappa shape index (κ1) is 62.8. The Bertz CT molecular complexity index is 1950. The highest BCUT2D eigenvalue weighted by molar-refractivity contribution is 8.64. The summed E-state index contributed by atoms with van der Waals surface area (Å²) in [4.78, 5) is 23.2. The quantitative estimate of drug-likeness (QED) is 0.222. The molecule has 6 saturated heterocycles. The van der Waals surface area contributed by atoms with Crippen molar-refractivity contribution in [3.63, 3.8) is 0 Å². The first-order valence-corrected chi connectivity index (χ1v) is 33.3. The molecule has 0 radical (unpaired) electrons. The van der Waals surface area contributed by atoms with E-state index in [9.17, 15) is 24.9 Å². The minimum absolute atomic E-state index is 0.0741. The fourth-order valence-corrected chi connectivity index (χ4v) is 16.3. The predicted molar refractivity (Wildman–Crippen MR) is 276 cm³/mol. The molecule has 0 saturated carbocycles. The highest BCUT2D eigenvalue weighted by Gasteiger charge is 2.58. The van der Waals surface area contributed by atoms with Crippen molar-refractivity contribution in [1.29, 1.82) is 0 Å². The van der Waals surface area contributed by atoms with Crippen LogP contribution in [0.3, 0.4) is 0 Å². The largest absolute Gasteiger partial charge is 0.457 e. The highest BCUT2D eigenvalue weighted by atomic mass is 33.3. The van der Waals surface area contributed by atoms with E-state index < -0.39 is 110 Å². The van der Waals surface area contributed by atoms with Gasteiger partial charge >= 0.3 is 11.9 Å². The second kappa shape index (κ2) is 29.6. The van der Waals surface area contributed by atoms with Crippen molar-refractivity contribution in [2.45, 2.75) is 205 Å². The minimum atomic E-state index is -1.47. The number of fused-ring (bicyclic) bond motifs is 2. The van der Waals surface area contributed by atoms with Crippen LogP contribution in [0.25, 0.3) is 0 Å². The van der Waals surface area contributed by atoms with Crippen LogP contribution in [0.2, 0.25) is 0 Å². The number of ether oxygens (including phenoxy) is 13. The van der Waals surface area contributed by atoms with Gasteiger partial charge in [-0.1, -0.05) is 19.9 Å². The van der Waals surface area contributed by atoms with Crippen molar-refractivity contribution in [1.82, 2.24) is 0 Å². The van der Waals surface area contributed by atoms with E-state index in [1.807, 2.05) is 55.4 Å². The summed E-state index contributed by atoms with van der Waals surface area (Å²) >= 11 is 17.9. The Morgan fingerprint density at radius 2 is 0.926 bits per heavy atom. The molecule has 394 valence electrons. The molecule has 3 N–H and O–H groups in total. The van der Waals surface area contributed by atoms with Crippen LogP contribution < -0.4 is 0 Å². The molecule has 20 atom stereocenters. The number of aliphatic hydroxyl groups is 3. The zero-order valence-electron chi connectivity index (χ0n) is 39.5. The minimum Gasteiger partial charge on any atom is -0.457 e. The van der Waals surface area contributed by atoms with Gasteiger partial charge in [0.25, 0.3) is 0 Å². The Morgan fingerprint density at radius 1 is 0.559 bits per heavy atom. The number of carbonyl (C=O) groups is 2. The van der Waals surface area contributed by atoms with Crippen LogP contribution in [-0.4, -0.2) is 156 Å². The Hall–Kier alpha value is 0.540. The summed E-state index contributed by atoms with van der Waals surface area (Å²) in [6, 6.07) is 0. The van der Waals surface area contributed by atoms with Crippen molar-refractivity contribution in [3.05, 3.63) is 12.7 Å². The van der Waals surface area contributed by atoms with Gasteiger partial charge in [-0.05, 0) is 55.4 Å². The Labute approximate surface area is 438 Å². The van der Waals surface area contributed by atoms with Gasteiger partial charge in [0, 0.05) is 133 Å². The van der Waals surface area contributed by atoms with Gasteiger partial charge in [-0.15, -0.1) is 6.58 Å². The molecule has 0 aliphatic carbocycles. The van der Waals surface area contributed by atoms with Crippen LogP contribution in [0, 0.1) is 11.8 Å². The third-order valence-corrected chi connectivity index (χ3v) is 22.4. The summed E-state index contributed by atoms with van der Waals surface area (Å²) in [6.07, 6.45) is -12.1. The Kier molecular flexibility index (Phi) is 27.3. The fraction of sp³-hybridized carbons (Fsp3) is 0.897. The van der Waals surface area contributed by atoms with E-state index in [-0.39, 0.29) is 42.9 Å². The smallest absolute Gasteiger partial charge is 0.303 e. The molecule has 6 heterocycles. The molecule has 0 aromatic heterocycles. The summed E-state index contributed by atoms with van der Waals surface area (Å²) in [7, 11) is 9.58. The molecule has 6 fully saturated rings. The zero-order valence-corrected chi connectivity index (χ0v) is 48.5. The molecule has 0 bridgehead atoms. The molecule has 0 amide bonds. The molecule has 18 nitrogen and oxygen atoms in total. The molecule has 29 heteroatoms. The predicted octanol–water partition coefficient (Wildman–Crippen LogP) is 1.79. The number of carbonyl (C=O) groups excluding carboxylic acids is 2. The maximum absolute atomic E-state index is 11.7. The second-order valence-corrected chi connectivity index (χ2v) is 29.5. The van der Waals surface area contributed by atoms with Gasteiger partial charge < -0.3 is 76.9 Å². The average Bonchev–Trinajstić information content (AvgIpc) is 3.78. The topological polar surface area (TPSA) is 215 Å². The molecule has 0 spiro atoms. The van der Waals surface area contributed by atoms with E-state index in [0.717, 1.165) is 0 Å². The van der Waals surface area contributed by atoms with Gasteiger partial charge in [0.1, 0.15) is 36.6 Å². The third kappa shape index (κ3) is 18.1. The monoisotopic (exact) mass is 1170 g/mol. The van der Waals surface area contributed by atoms with Crippen LogP contribution in [-0.2, 0) is 178 Å². The molecule has 0 aromatic rings. The maximum atomic E-state index is 11.7. The number of esters is 2. The molecule has 0 aromatic carbocycles. The van der Waals surface area contributed by atoms with Crippen LogP contribution in [0.4, 0.5) is 0 Å². The van der Waals surface area contributed by atoms with Gasteiger partial charge in [-0.25, -0.2) is 0 Å². The van der Waals surface area contributed by atoms with Gasteiger partial charge in [0.2, 0.25) is 0 Å². The first-order chi connectivity index (χ1) is 31.9. The summed E-state index contributed by atoms with van der Waals surface area (Å²) in [5, 5.41) is 31.3. The van der Waals surface area contributed by atoms with Gasteiger partial charge in [-0.2, -0.15) is 0 Å². The van der Waals surface area contributed by atoms with E-state index >= 15 is 0 Å². The van der Waals surface area contributed by atoms with Gasteiger partial charge in [0.05, 0.1) is 43.2 Å². The number of aliphatic hydroxyl groups excluding tert-OH is 3. The third-order valence-electron chi connectivity index (χ3n) is 11.3. The fourth-order valence-electron chi connectivity index (χ4n) is 8.10. The lowest BCUT2D eigenvalue weighted by Gasteiger charge is -2.46.